The maximum absolute atomic E-state index is 13.2. The van der Waals surface area contributed by atoms with Crippen molar-refractivity contribution in [1.82, 2.24) is 9.55 Å². The Morgan fingerprint density at radius 2 is 1.72 bits per heavy atom. The first kappa shape index (κ1) is 19.1. The molecule has 0 atom stereocenters. The van der Waals surface area contributed by atoms with Gasteiger partial charge < -0.3 is 4.57 Å². The molecule has 1 heterocycles. The molecule has 0 aliphatic heterocycles. The lowest BCUT2D eigenvalue weighted by atomic mass is 10.1. The highest BCUT2D eigenvalue weighted by Gasteiger charge is 2.20. The van der Waals surface area contributed by atoms with E-state index in [1.165, 1.54) is 12.1 Å². The van der Waals surface area contributed by atoms with Gasteiger partial charge in [-0.25, -0.2) is 17.8 Å². The van der Waals surface area contributed by atoms with Gasteiger partial charge in [-0.3, -0.25) is 4.72 Å². The van der Waals surface area contributed by atoms with E-state index < -0.39 is 15.8 Å². The molecule has 0 aliphatic carbocycles. The Balaban J connectivity index is 1.78. The van der Waals surface area contributed by atoms with E-state index in [4.69, 9.17) is 0 Å². The van der Waals surface area contributed by atoms with Gasteiger partial charge in [0.2, 0.25) is 0 Å². The van der Waals surface area contributed by atoms with Gasteiger partial charge in [0.25, 0.3) is 10.0 Å². The Bertz CT molecular complexity index is 1280. The van der Waals surface area contributed by atoms with Crippen molar-refractivity contribution in [2.24, 2.45) is 0 Å². The molecular formula is C22H20FN3O2S. The number of fused-ring (bicyclic) bond motifs is 1. The molecule has 0 saturated heterocycles. The van der Waals surface area contributed by atoms with Crippen molar-refractivity contribution in [3.8, 4) is 0 Å². The molecule has 0 radical (unpaired) electrons. The second-order valence-corrected chi connectivity index (χ2v) is 8.66. The third-order valence-corrected chi connectivity index (χ3v) is 6.36. The zero-order valence-electron chi connectivity index (χ0n) is 16.1. The highest BCUT2D eigenvalue weighted by Crippen LogP contribution is 2.31. The molecule has 148 valence electrons. The summed E-state index contributed by atoms with van der Waals surface area (Å²) >= 11 is 0. The minimum Gasteiger partial charge on any atom is -0.326 e. The van der Waals surface area contributed by atoms with E-state index in [1.807, 2.05) is 54.8 Å². The van der Waals surface area contributed by atoms with Crippen LogP contribution in [-0.2, 0) is 16.6 Å². The van der Waals surface area contributed by atoms with Crippen molar-refractivity contribution in [1.29, 1.82) is 0 Å². The molecule has 29 heavy (non-hydrogen) atoms. The zero-order valence-corrected chi connectivity index (χ0v) is 16.9. The normalized spacial score (nSPS) is 11.7. The predicted octanol–water partition coefficient (Wildman–Crippen LogP) is 4.64. The fourth-order valence-corrected chi connectivity index (χ4v) is 4.39. The van der Waals surface area contributed by atoms with Crippen molar-refractivity contribution in [2.45, 2.75) is 25.3 Å². The maximum Gasteiger partial charge on any atom is 0.261 e. The largest absolute Gasteiger partial charge is 0.326 e. The Kier molecular flexibility index (Phi) is 4.84. The highest BCUT2D eigenvalue weighted by molar-refractivity contribution is 7.92. The Labute approximate surface area is 168 Å². The fourth-order valence-electron chi connectivity index (χ4n) is 3.26. The lowest BCUT2D eigenvalue weighted by Gasteiger charge is -2.14. The Morgan fingerprint density at radius 3 is 2.41 bits per heavy atom. The molecule has 0 fully saturated rings. The van der Waals surface area contributed by atoms with Gasteiger partial charge in [0, 0.05) is 6.54 Å². The number of imidazole rings is 1. The molecule has 0 saturated carbocycles. The second kappa shape index (κ2) is 7.33. The van der Waals surface area contributed by atoms with Crippen LogP contribution in [0.3, 0.4) is 0 Å². The van der Waals surface area contributed by atoms with E-state index in [-0.39, 0.29) is 4.90 Å². The van der Waals surface area contributed by atoms with Crippen LogP contribution in [0.15, 0.2) is 71.9 Å². The Hall–Kier alpha value is -3.19. The molecule has 1 N–H and O–H groups in total. The summed E-state index contributed by atoms with van der Waals surface area (Å²) < 4.78 is 43.5. The van der Waals surface area contributed by atoms with E-state index in [1.54, 1.807) is 6.33 Å². The van der Waals surface area contributed by atoms with E-state index in [0.29, 0.717) is 17.7 Å². The highest BCUT2D eigenvalue weighted by atomic mass is 32.2. The van der Waals surface area contributed by atoms with Gasteiger partial charge in [-0.05, 0) is 60.9 Å². The molecule has 4 aromatic rings. The van der Waals surface area contributed by atoms with Crippen molar-refractivity contribution in [3.63, 3.8) is 0 Å². The number of anilines is 1. The summed E-state index contributed by atoms with van der Waals surface area (Å²) in [6.07, 6.45) is 1.71. The van der Waals surface area contributed by atoms with Gasteiger partial charge in [-0.15, -0.1) is 0 Å². The van der Waals surface area contributed by atoms with E-state index >= 15 is 0 Å². The molecule has 0 bridgehead atoms. The predicted molar refractivity (Wildman–Crippen MR) is 112 cm³/mol. The summed E-state index contributed by atoms with van der Waals surface area (Å²) in [5.41, 5.74) is 4.73. The molecule has 5 nitrogen and oxygen atoms in total. The monoisotopic (exact) mass is 409 g/mol. The number of benzene rings is 3. The number of aryl methyl sites for hydroxylation is 1. The molecule has 4 rings (SSSR count). The number of aromatic nitrogens is 2. The average molecular weight is 409 g/mol. The smallest absolute Gasteiger partial charge is 0.261 e. The van der Waals surface area contributed by atoms with E-state index in [2.05, 4.69) is 9.71 Å². The summed E-state index contributed by atoms with van der Waals surface area (Å²) in [4.78, 5) is 4.48. The quantitative estimate of drug-likeness (QED) is 0.522. The number of sulfonamides is 1. The number of nitrogens with one attached hydrogen (secondary N) is 1. The summed E-state index contributed by atoms with van der Waals surface area (Å²) in [6, 6.07) is 16.7. The van der Waals surface area contributed by atoms with Crippen LogP contribution >= 0.6 is 0 Å². The third kappa shape index (κ3) is 3.73. The van der Waals surface area contributed by atoms with Crippen molar-refractivity contribution >= 4 is 26.7 Å². The van der Waals surface area contributed by atoms with Crippen LogP contribution in [0.2, 0.25) is 0 Å². The number of hydrogen-bond acceptors (Lipinski definition) is 3. The molecule has 0 unspecified atom stereocenters. The number of rotatable bonds is 5. The van der Waals surface area contributed by atoms with Crippen LogP contribution < -0.4 is 4.72 Å². The molecule has 0 amide bonds. The molecule has 1 aromatic heterocycles. The van der Waals surface area contributed by atoms with Gasteiger partial charge in [0.1, 0.15) is 11.3 Å². The van der Waals surface area contributed by atoms with Crippen molar-refractivity contribution in [2.75, 3.05) is 4.72 Å². The third-order valence-electron chi connectivity index (χ3n) is 4.99. The number of halogens is 1. The second-order valence-electron chi connectivity index (χ2n) is 6.98. The van der Waals surface area contributed by atoms with Gasteiger partial charge in [-0.1, -0.05) is 30.3 Å². The molecule has 3 aromatic carbocycles. The standard InChI is InChI=1S/C22H20FN3O2S/c1-15-12-20-22(24-14-26(20)13-17-6-4-3-5-7-17)21(16(15)2)25-29(27,28)19-10-8-18(23)9-11-19/h3-12,14,25H,13H2,1-2H3. The maximum atomic E-state index is 13.2. The summed E-state index contributed by atoms with van der Waals surface area (Å²) in [5.74, 6) is -0.488. The first-order valence-corrected chi connectivity index (χ1v) is 10.6. The molecule has 0 aliphatic rings. The van der Waals surface area contributed by atoms with Crippen LogP contribution in [0.4, 0.5) is 10.1 Å². The number of nitrogens with zero attached hydrogens (tertiary/aromatic N) is 2. The SMILES string of the molecule is Cc1cc2c(ncn2Cc2ccccc2)c(NS(=O)(=O)c2ccc(F)cc2)c1C. The first-order valence-electron chi connectivity index (χ1n) is 9.12. The van der Waals surface area contributed by atoms with Gasteiger partial charge in [0.05, 0.1) is 22.4 Å². The Morgan fingerprint density at radius 1 is 1.03 bits per heavy atom. The van der Waals surface area contributed by atoms with E-state index in [9.17, 15) is 12.8 Å². The molecular weight excluding hydrogens is 389 g/mol. The lowest BCUT2D eigenvalue weighted by Crippen LogP contribution is -2.14. The van der Waals surface area contributed by atoms with E-state index in [0.717, 1.165) is 34.3 Å². The minimum absolute atomic E-state index is 0.00308. The van der Waals surface area contributed by atoms with Gasteiger partial charge >= 0.3 is 0 Å². The fraction of sp³-hybridized carbons (Fsp3) is 0.136. The van der Waals surface area contributed by atoms with Crippen LogP contribution in [0.1, 0.15) is 16.7 Å². The number of hydrogen-bond donors (Lipinski definition) is 1. The van der Waals surface area contributed by atoms with Crippen molar-refractivity contribution in [3.05, 3.63) is 89.5 Å². The first-order chi connectivity index (χ1) is 13.8. The lowest BCUT2D eigenvalue weighted by molar-refractivity contribution is 0.599. The van der Waals surface area contributed by atoms with Crippen LogP contribution in [0.5, 0.6) is 0 Å². The van der Waals surface area contributed by atoms with Gasteiger partial charge in [0.15, 0.2) is 0 Å². The summed E-state index contributed by atoms with van der Waals surface area (Å²) in [5, 5.41) is 0. The van der Waals surface area contributed by atoms with Gasteiger partial charge in [-0.2, -0.15) is 0 Å². The summed E-state index contributed by atoms with van der Waals surface area (Å²) in [6.45, 7) is 4.42. The van der Waals surface area contributed by atoms with Crippen molar-refractivity contribution < 1.29 is 12.8 Å². The van der Waals surface area contributed by atoms with Crippen LogP contribution in [0, 0.1) is 19.7 Å². The summed E-state index contributed by atoms with van der Waals surface area (Å²) in [7, 11) is -3.88. The van der Waals surface area contributed by atoms with Crippen LogP contribution in [-0.4, -0.2) is 18.0 Å². The molecule has 7 heteroatoms. The minimum atomic E-state index is -3.88. The topological polar surface area (TPSA) is 64.0 Å². The van der Waals surface area contributed by atoms with Crippen LogP contribution in [0.25, 0.3) is 11.0 Å². The average Bonchev–Trinajstić information content (AvgIpc) is 3.09. The molecule has 0 spiro atoms. The zero-order chi connectivity index (χ0) is 20.6.